The summed E-state index contributed by atoms with van der Waals surface area (Å²) >= 11 is 6.08. The summed E-state index contributed by atoms with van der Waals surface area (Å²) in [5, 5.41) is 6.87. The Morgan fingerprint density at radius 1 is 1.25 bits per heavy atom. The van der Waals surface area contributed by atoms with Crippen molar-refractivity contribution in [3.8, 4) is 0 Å². The Morgan fingerprint density at radius 3 is 2.58 bits per heavy atom. The van der Waals surface area contributed by atoms with Crippen LogP contribution in [0.25, 0.3) is 0 Å². The van der Waals surface area contributed by atoms with E-state index in [0.29, 0.717) is 34.6 Å². The number of carbonyl (C=O) groups excluding carboxylic acids is 2. The normalized spacial score (nSPS) is 30.5. The average Bonchev–Trinajstić information content (AvgIpc) is 3.22. The van der Waals surface area contributed by atoms with E-state index in [1.165, 1.54) is 0 Å². The van der Waals surface area contributed by atoms with Gasteiger partial charge >= 0.3 is 0 Å². The summed E-state index contributed by atoms with van der Waals surface area (Å²) < 4.78 is 0. The molecule has 3 aliphatic heterocycles. The summed E-state index contributed by atoms with van der Waals surface area (Å²) in [6.45, 7) is 3.86. The summed E-state index contributed by atoms with van der Waals surface area (Å²) in [7, 11) is 0. The number of amides is 2. The summed E-state index contributed by atoms with van der Waals surface area (Å²) in [4.78, 5) is 27.0. The Bertz CT molecular complexity index is 675. The van der Waals surface area contributed by atoms with Crippen molar-refractivity contribution in [1.29, 1.82) is 0 Å². The van der Waals surface area contributed by atoms with Gasteiger partial charge in [-0.25, -0.2) is 0 Å². The van der Waals surface area contributed by atoms with Crippen molar-refractivity contribution in [3.05, 3.63) is 28.8 Å². The number of halogens is 1. The molecule has 24 heavy (non-hydrogen) atoms. The van der Waals surface area contributed by atoms with Crippen LogP contribution in [0, 0.1) is 18.8 Å². The molecule has 4 atom stereocenters. The van der Waals surface area contributed by atoms with E-state index in [2.05, 4.69) is 10.6 Å². The second kappa shape index (κ2) is 6.05. The van der Waals surface area contributed by atoms with Crippen LogP contribution in [0.3, 0.4) is 0 Å². The molecule has 0 radical (unpaired) electrons. The van der Waals surface area contributed by atoms with E-state index in [1.807, 2.05) is 11.8 Å². The van der Waals surface area contributed by atoms with E-state index in [9.17, 15) is 9.59 Å². The molecule has 2 amide bonds. The zero-order valence-corrected chi connectivity index (χ0v) is 14.5. The van der Waals surface area contributed by atoms with Gasteiger partial charge in [-0.1, -0.05) is 17.7 Å². The molecule has 2 N–H and O–H groups in total. The van der Waals surface area contributed by atoms with E-state index >= 15 is 0 Å². The van der Waals surface area contributed by atoms with Crippen LogP contribution in [0.4, 0.5) is 5.69 Å². The highest BCUT2D eigenvalue weighted by atomic mass is 35.5. The first-order chi connectivity index (χ1) is 11.6. The monoisotopic (exact) mass is 347 g/mol. The lowest BCUT2D eigenvalue weighted by Crippen LogP contribution is -2.40. The van der Waals surface area contributed by atoms with Crippen molar-refractivity contribution in [3.63, 3.8) is 0 Å². The molecule has 0 saturated carbocycles. The van der Waals surface area contributed by atoms with Gasteiger partial charge in [-0.05, 0) is 49.3 Å². The number of carbonyl (C=O) groups is 2. The summed E-state index contributed by atoms with van der Waals surface area (Å²) in [6, 6.07) is 6.03. The molecule has 128 valence electrons. The van der Waals surface area contributed by atoms with Crippen molar-refractivity contribution < 1.29 is 9.59 Å². The molecule has 6 heteroatoms. The molecular weight excluding hydrogens is 326 g/mol. The number of nitrogens with zero attached hydrogens (tertiary/aromatic N) is 1. The van der Waals surface area contributed by atoms with Gasteiger partial charge < -0.3 is 15.5 Å². The highest BCUT2D eigenvalue weighted by Crippen LogP contribution is 2.47. The summed E-state index contributed by atoms with van der Waals surface area (Å²) in [5.41, 5.74) is 1.49. The Kier molecular flexibility index (Phi) is 4.01. The zero-order valence-electron chi connectivity index (χ0n) is 13.7. The maximum atomic E-state index is 12.7. The van der Waals surface area contributed by atoms with Crippen molar-refractivity contribution in [2.75, 3.05) is 18.4 Å². The molecular formula is C18H22ClN3O2. The first-order valence-corrected chi connectivity index (χ1v) is 9.01. The summed E-state index contributed by atoms with van der Waals surface area (Å²) in [6.07, 6.45) is 2.06. The average molecular weight is 348 g/mol. The maximum absolute atomic E-state index is 12.7. The number of hydrogen-bond donors (Lipinski definition) is 2. The van der Waals surface area contributed by atoms with Gasteiger partial charge in [0.05, 0.1) is 0 Å². The Labute approximate surface area is 146 Å². The minimum atomic E-state index is -0.264. The molecule has 3 saturated heterocycles. The second-order valence-corrected chi connectivity index (χ2v) is 7.54. The van der Waals surface area contributed by atoms with E-state index in [4.69, 9.17) is 11.6 Å². The lowest BCUT2D eigenvalue weighted by Gasteiger charge is -2.24. The molecule has 3 aliphatic rings. The van der Waals surface area contributed by atoms with Crippen LogP contribution in [-0.2, 0) is 9.59 Å². The molecule has 4 rings (SSSR count). The minimum Gasteiger partial charge on any atom is -0.336 e. The molecule has 1 aromatic carbocycles. The third-order valence-corrected chi connectivity index (χ3v) is 6.32. The topological polar surface area (TPSA) is 61.4 Å². The van der Waals surface area contributed by atoms with Gasteiger partial charge in [0, 0.05) is 35.9 Å². The fourth-order valence-electron chi connectivity index (χ4n) is 4.80. The van der Waals surface area contributed by atoms with Gasteiger partial charge in [0.25, 0.3) is 0 Å². The molecule has 2 bridgehead atoms. The highest BCUT2D eigenvalue weighted by molar-refractivity contribution is 6.31. The van der Waals surface area contributed by atoms with E-state index in [0.717, 1.165) is 31.5 Å². The second-order valence-electron chi connectivity index (χ2n) is 7.14. The highest BCUT2D eigenvalue weighted by Gasteiger charge is 2.56. The van der Waals surface area contributed by atoms with Crippen LogP contribution < -0.4 is 10.6 Å². The van der Waals surface area contributed by atoms with Gasteiger partial charge in [0.2, 0.25) is 11.8 Å². The number of hydrogen-bond acceptors (Lipinski definition) is 3. The van der Waals surface area contributed by atoms with Crippen molar-refractivity contribution in [2.45, 2.75) is 38.3 Å². The third kappa shape index (κ3) is 2.50. The van der Waals surface area contributed by atoms with E-state index in [-0.39, 0.29) is 18.2 Å². The third-order valence-electron chi connectivity index (χ3n) is 5.91. The lowest BCUT2D eigenvalue weighted by molar-refractivity contribution is -0.136. The van der Waals surface area contributed by atoms with Crippen LogP contribution >= 0.6 is 11.6 Å². The maximum Gasteiger partial charge on any atom is 0.233 e. The van der Waals surface area contributed by atoms with Crippen LogP contribution in [0.2, 0.25) is 5.02 Å². The fourth-order valence-corrected chi connectivity index (χ4v) is 4.98. The van der Waals surface area contributed by atoms with Gasteiger partial charge in [-0.3, -0.25) is 9.59 Å². The number of rotatable bonds is 3. The number of anilines is 1. The first kappa shape index (κ1) is 15.9. The molecule has 5 nitrogen and oxygen atoms in total. The first-order valence-electron chi connectivity index (χ1n) is 8.63. The quantitative estimate of drug-likeness (QED) is 0.824. The molecule has 3 heterocycles. The number of nitrogens with one attached hydrogen (secondary N) is 2. The van der Waals surface area contributed by atoms with Gasteiger partial charge in [-0.2, -0.15) is 0 Å². The zero-order chi connectivity index (χ0) is 16.8. The minimum absolute atomic E-state index is 0.0333. The van der Waals surface area contributed by atoms with Crippen LogP contribution in [0.5, 0.6) is 0 Å². The summed E-state index contributed by atoms with van der Waals surface area (Å²) in [5.74, 6) is 0.853. The van der Waals surface area contributed by atoms with E-state index in [1.54, 1.807) is 18.2 Å². The van der Waals surface area contributed by atoms with Crippen LogP contribution in [0.15, 0.2) is 18.2 Å². The molecule has 0 spiro atoms. The standard InChI is InChI=1S/C18H22ClN3O2/c1-10-13(19)3-2-4-14(10)21-17(23)7-18(24)22-15-5-6-16(22)12-9-20-8-11(12)15/h2-4,11-12,15-16,20H,5-9H2,1H3,(H,21,23)/t11-,12+,15-,16+. The van der Waals surface area contributed by atoms with Crippen LogP contribution in [0.1, 0.15) is 24.8 Å². The predicted molar refractivity (Wildman–Crippen MR) is 92.9 cm³/mol. The molecule has 3 fully saturated rings. The van der Waals surface area contributed by atoms with Gasteiger partial charge in [-0.15, -0.1) is 0 Å². The Balaban J connectivity index is 1.41. The fraction of sp³-hybridized carbons (Fsp3) is 0.556. The Hall–Kier alpha value is -1.59. The predicted octanol–water partition coefficient (Wildman–Crippen LogP) is 2.19. The van der Waals surface area contributed by atoms with Crippen molar-refractivity contribution in [1.82, 2.24) is 10.2 Å². The Morgan fingerprint density at radius 2 is 1.92 bits per heavy atom. The SMILES string of the molecule is Cc1c(Cl)cccc1NC(=O)CC(=O)N1[C@@H]2CC[C@H]1[C@H]1CNC[C@H]12. The molecule has 0 aromatic heterocycles. The van der Waals surface area contributed by atoms with Crippen LogP contribution in [-0.4, -0.2) is 41.9 Å². The lowest BCUT2D eigenvalue weighted by atomic mass is 9.82. The molecule has 0 unspecified atom stereocenters. The van der Waals surface area contributed by atoms with Gasteiger partial charge in [0.1, 0.15) is 6.42 Å². The number of benzene rings is 1. The van der Waals surface area contributed by atoms with Gasteiger partial charge in [0.15, 0.2) is 0 Å². The smallest absolute Gasteiger partial charge is 0.233 e. The van der Waals surface area contributed by atoms with Crippen molar-refractivity contribution >= 4 is 29.1 Å². The molecule has 0 aliphatic carbocycles. The molecule has 1 aromatic rings. The van der Waals surface area contributed by atoms with Crippen molar-refractivity contribution in [2.24, 2.45) is 11.8 Å². The number of fused-ring (bicyclic) bond motifs is 5. The van der Waals surface area contributed by atoms with E-state index < -0.39 is 0 Å². The largest absolute Gasteiger partial charge is 0.336 e.